The first-order valence-electron chi connectivity index (χ1n) is 6.77. The molecule has 0 bridgehead atoms. The number of hydrogen-bond donors (Lipinski definition) is 0. The normalized spacial score (nSPS) is 22.7. The zero-order chi connectivity index (χ0) is 13.9. The molecule has 1 saturated carbocycles. The monoisotopic (exact) mass is 293 g/mol. The Kier molecular flexibility index (Phi) is 3.82. The maximum atomic E-state index is 5.93. The van der Waals surface area contributed by atoms with Gasteiger partial charge in [-0.3, -0.25) is 4.57 Å². The quantitative estimate of drug-likeness (QED) is 0.870. The van der Waals surface area contributed by atoms with E-state index in [4.69, 9.17) is 16.3 Å². The highest BCUT2D eigenvalue weighted by molar-refractivity contribution is 6.28. The van der Waals surface area contributed by atoms with Gasteiger partial charge < -0.3 is 4.74 Å². The molecule has 7 heteroatoms. The summed E-state index contributed by atoms with van der Waals surface area (Å²) in [6.45, 7) is 2.27. The van der Waals surface area contributed by atoms with Crippen molar-refractivity contribution in [3.63, 3.8) is 0 Å². The molecule has 1 aliphatic carbocycles. The summed E-state index contributed by atoms with van der Waals surface area (Å²) in [4.78, 5) is 16.4. The largest absolute Gasteiger partial charge is 0.460 e. The van der Waals surface area contributed by atoms with Crippen LogP contribution in [0.2, 0.25) is 5.28 Å². The zero-order valence-electron chi connectivity index (χ0n) is 11.2. The van der Waals surface area contributed by atoms with Crippen molar-refractivity contribution in [1.29, 1.82) is 0 Å². The molecule has 0 unspecified atom stereocenters. The third-order valence-corrected chi connectivity index (χ3v) is 3.72. The third kappa shape index (κ3) is 3.07. The first kappa shape index (κ1) is 13.3. The number of halogens is 1. The number of ether oxygens (including phenoxy) is 1. The summed E-state index contributed by atoms with van der Waals surface area (Å²) in [6.07, 6.45) is 9.60. The Bertz CT molecular complexity index is 566. The van der Waals surface area contributed by atoms with Gasteiger partial charge in [0.1, 0.15) is 12.4 Å². The third-order valence-electron chi connectivity index (χ3n) is 3.55. The minimum Gasteiger partial charge on any atom is -0.460 e. The van der Waals surface area contributed by atoms with Crippen molar-refractivity contribution in [1.82, 2.24) is 24.5 Å². The first-order chi connectivity index (χ1) is 9.70. The molecule has 0 aromatic carbocycles. The molecule has 2 aromatic heterocycles. The van der Waals surface area contributed by atoms with E-state index >= 15 is 0 Å². The van der Waals surface area contributed by atoms with Crippen LogP contribution in [-0.4, -0.2) is 30.6 Å². The van der Waals surface area contributed by atoms with E-state index < -0.39 is 0 Å². The lowest BCUT2D eigenvalue weighted by Gasteiger charge is -2.25. The summed E-state index contributed by atoms with van der Waals surface area (Å²) in [7, 11) is 0. The second-order valence-corrected chi connectivity index (χ2v) is 5.49. The molecule has 106 valence electrons. The lowest BCUT2D eigenvalue weighted by atomic mass is 9.89. The minimum atomic E-state index is 0.128. The predicted octanol–water partition coefficient (Wildman–Crippen LogP) is 2.67. The summed E-state index contributed by atoms with van der Waals surface area (Å²) in [5.41, 5.74) is 0. The van der Waals surface area contributed by atoms with Crippen molar-refractivity contribution in [2.24, 2.45) is 5.92 Å². The molecular weight excluding hydrogens is 278 g/mol. The van der Waals surface area contributed by atoms with Gasteiger partial charge in [0.05, 0.1) is 0 Å². The van der Waals surface area contributed by atoms with E-state index in [1.165, 1.54) is 12.8 Å². The van der Waals surface area contributed by atoms with Crippen molar-refractivity contribution in [3.8, 4) is 12.0 Å². The van der Waals surface area contributed by atoms with Crippen LogP contribution in [0.15, 0.2) is 18.7 Å². The van der Waals surface area contributed by atoms with E-state index in [1.54, 1.807) is 23.3 Å². The average Bonchev–Trinajstić information content (AvgIpc) is 2.95. The van der Waals surface area contributed by atoms with Crippen LogP contribution in [-0.2, 0) is 0 Å². The predicted molar refractivity (Wildman–Crippen MR) is 74.0 cm³/mol. The van der Waals surface area contributed by atoms with Crippen LogP contribution in [0.25, 0.3) is 5.95 Å². The maximum absolute atomic E-state index is 5.93. The van der Waals surface area contributed by atoms with Crippen LogP contribution in [0.1, 0.15) is 32.6 Å². The summed E-state index contributed by atoms with van der Waals surface area (Å²) in [5.74, 6) is 1.19. The average molecular weight is 294 g/mol. The molecule has 0 spiro atoms. The minimum absolute atomic E-state index is 0.128. The number of rotatable bonds is 3. The van der Waals surface area contributed by atoms with E-state index in [0.29, 0.717) is 5.95 Å². The molecule has 0 aliphatic heterocycles. The van der Waals surface area contributed by atoms with E-state index in [1.807, 2.05) is 0 Å². The lowest BCUT2D eigenvalue weighted by Crippen LogP contribution is -2.24. The Morgan fingerprint density at radius 1 is 1.20 bits per heavy atom. The lowest BCUT2D eigenvalue weighted by molar-refractivity contribution is 0.124. The van der Waals surface area contributed by atoms with Gasteiger partial charge in [0, 0.05) is 12.4 Å². The van der Waals surface area contributed by atoms with Crippen LogP contribution < -0.4 is 4.74 Å². The molecule has 20 heavy (non-hydrogen) atoms. The van der Waals surface area contributed by atoms with Crippen LogP contribution in [0, 0.1) is 5.92 Å². The standard InChI is InChI=1S/C13H16ClN5O/c1-9-2-4-10(5-3-9)20-13-17-11(14)16-12(18-13)19-7-6-15-8-19/h6-10H,2-5H2,1H3. The van der Waals surface area contributed by atoms with Gasteiger partial charge in [-0.2, -0.15) is 15.0 Å². The van der Waals surface area contributed by atoms with Crippen molar-refractivity contribution in [3.05, 3.63) is 24.0 Å². The number of imidazole rings is 1. The highest BCUT2D eigenvalue weighted by atomic mass is 35.5. The van der Waals surface area contributed by atoms with Crippen LogP contribution in [0.3, 0.4) is 0 Å². The molecule has 6 nitrogen and oxygen atoms in total. The molecule has 3 rings (SSSR count). The Morgan fingerprint density at radius 2 is 2.00 bits per heavy atom. The Labute approximate surface area is 122 Å². The zero-order valence-corrected chi connectivity index (χ0v) is 12.0. The molecular formula is C13H16ClN5O. The summed E-state index contributed by atoms with van der Waals surface area (Å²) in [6, 6.07) is 0.285. The topological polar surface area (TPSA) is 65.7 Å². The fraction of sp³-hybridized carbons (Fsp3) is 0.538. The Morgan fingerprint density at radius 3 is 2.70 bits per heavy atom. The highest BCUT2D eigenvalue weighted by Crippen LogP contribution is 2.26. The van der Waals surface area contributed by atoms with Gasteiger partial charge in [-0.1, -0.05) is 6.92 Å². The summed E-state index contributed by atoms with van der Waals surface area (Å²) in [5, 5.41) is 0.128. The Balaban J connectivity index is 1.76. The number of nitrogens with zero attached hydrogens (tertiary/aromatic N) is 5. The Hall–Kier alpha value is -1.69. The fourth-order valence-electron chi connectivity index (χ4n) is 2.36. The molecule has 0 N–H and O–H groups in total. The van der Waals surface area contributed by atoms with Crippen molar-refractivity contribution in [2.75, 3.05) is 0 Å². The first-order valence-corrected chi connectivity index (χ1v) is 7.15. The van der Waals surface area contributed by atoms with Gasteiger partial charge in [0.25, 0.3) is 0 Å². The summed E-state index contributed by atoms with van der Waals surface area (Å²) < 4.78 is 7.51. The molecule has 1 fully saturated rings. The van der Waals surface area contributed by atoms with Crippen LogP contribution in [0.4, 0.5) is 0 Å². The van der Waals surface area contributed by atoms with Gasteiger partial charge in [0.15, 0.2) is 0 Å². The van der Waals surface area contributed by atoms with E-state index in [-0.39, 0.29) is 17.4 Å². The number of hydrogen-bond acceptors (Lipinski definition) is 5. The molecule has 0 atom stereocenters. The van der Waals surface area contributed by atoms with Crippen molar-refractivity contribution < 1.29 is 4.74 Å². The molecule has 0 saturated heterocycles. The van der Waals surface area contributed by atoms with Gasteiger partial charge in [-0.15, -0.1) is 0 Å². The van der Waals surface area contributed by atoms with Crippen LogP contribution in [0.5, 0.6) is 6.01 Å². The van der Waals surface area contributed by atoms with E-state index in [9.17, 15) is 0 Å². The van der Waals surface area contributed by atoms with Gasteiger partial charge in [-0.05, 0) is 43.2 Å². The molecule has 0 amide bonds. The van der Waals surface area contributed by atoms with E-state index in [2.05, 4.69) is 26.9 Å². The molecule has 2 heterocycles. The second kappa shape index (κ2) is 5.75. The number of aromatic nitrogens is 5. The van der Waals surface area contributed by atoms with Crippen molar-refractivity contribution >= 4 is 11.6 Å². The van der Waals surface area contributed by atoms with Crippen molar-refractivity contribution in [2.45, 2.75) is 38.7 Å². The molecule has 1 aliphatic rings. The second-order valence-electron chi connectivity index (χ2n) is 5.16. The van der Waals surface area contributed by atoms with Gasteiger partial charge >= 0.3 is 6.01 Å². The van der Waals surface area contributed by atoms with Crippen LogP contribution >= 0.6 is 11.6 Å². The molecule has 2 aromatic rings. The SMILES string of the molecule is CC1CCC(Oc2nc(Cl)nc(-n3ccnc3)n2)CC1. The highest BCUT2D eigenvalue weighted by Gasteiger charge is 2.21. The van der Waals surface area contributed by atoms with E-state index in [0.717, 1.165) is 18.8 Å². The molecule has 0 radical (unpaired) electrons. The fourth-order valence-corrected chi connectivity index (χ4v) is 2.51. The maximum Gasteiger partial charge on any atom is 0.322 e. The smallest absolute Gasteiger partial charge is 0.322 e. The van der Waals surface area contributed by atoms with Gasteiger partial charge in [0.2, 0.25) is 11.2 Å². The summed E-state index contributed by atoms with van der Waals surface area (Å²) >= 11 is 5.93. The van der Waals surface area contributed by atoms with Gasteiger partial charge in [-0.25, -0.2) is 4.98 Å².